The van der Waals surface area contributed by atoms with Gasteiger partial charge in [0.25, 0.3) is 5.91 Å². The van der Waals surface area contributed by atoms with E-state index in [0.29, 0.717) is 60.8 Å². The lowest BCUT2D eigenvalue weighted by Gasteiger charge is -2.34. The molecule has 12 nitrogen and oxygen atoms in total. The van der Waals surface area contributed by atoms with Crippen molar-refractivity contribution in [1.82, 2.24) is 15.0 Å². The number of nitrogens with zero attached hydrogens (tertiary/aromatic N) is 4. The van der Waals surface area contributed by atoms with Crippen LogP contribution in [-0.4, -0.2) is 64.2 Å². The number of aromatic hydroxyl groups is 1. The number of nitrogens with one attached hydrogen (secondary N) is 3. The van der Waals surface area contributed by atoms with Crippen LogP contribution in [0, 0.1) is 0 Å². The summed E-state index contributed by atoms with van der Waals surface area (Å²) in [4.78, 5) is 28.4. The molecule has 39 heavy (non-hydrogen) atoms. The van der Waals surface area contributed by atoms with Crippen LogP contribution in [0.2, 0.25) is 0 Å². The fraction of sp³-hybridized carbons (Fsp3) is 0.259. The van der Waals surface area contributed by atoms with Gasteiger partial charge in [-0.15, -0.1) is 0 Å². The van der Waals surface area contributed by atoms with Crippen molar-refractivity contribution in [2.75, 3.05) is 47.0 Å². The summed E-state index contributed by atoms with van der Waals surface area (Å²) in [5.41, 5.74) is 19.4. The van der Waals surface area contributed by atoms with Crippen LogP contribution in [0.1, 0.15) is 16.8 Å². The summed E-state index contributed by atoms with van der Waals surface area (Å²) in [5, 5.41) is 21.2. The number of rotatable bonds is 8. The zero-order valence-electron chi connectivity index (χ0n) is 21.3. The molecular weight excluding hydrogens is 496 g/mol. The molecule has 4 aromatic rings. The quantitative estimate of drug-likeness (QED) is 0.177. The number of nitrogens with two attached hydrogens (primary N) is 3. The van der Waals surface area contributed by atoms with Crippen LogP contribution >= 0.6 is 0 Å². The number of aromatic nitrogens is 3. The highest BCUT2D eigenvalue weighted by Gasteiger charge is 2.25. The summed E-state index contributed by atoms with van der Waals surface area (Å²) in [6, 6.07) is 17.7. The SMILES string of the molecule is NCCNc1nc(Nc2ccc(NC(=O)c3ccc4ccccc4c3O)cc2)nc(N2C[C@H](N)C[C@H](N)C2)n1. The molecule has 0 bridgehead atoms. The molecule has 2 heterocycles. The molecule has 0 spiro atoms. The number of carbonyl (C=O) groups excluding carboxylic acids is 1. The van der Waals surface area contributed by atoms with Crippen molar-refractivity contribution in [3.63, 3.8) is 0 Å². The largest absolute Gasteiger partial charge is 0.506 e. The lowest BCUT2D eigenvalue weighted by Crippen LogP contribution is -2.52. The maximum Gasteiger partial charge on any atom is 0.259 e. The van der Waals surface area contributed by atoms with E-state index in [1.807, 2.05) is 29.2 Å². The first-order chi connectivity index (χ1) is 18.9. The monoisotopic (exact) mass is 528 g/mol. The first-order valence-electron chi connectivity index (χ1n) is 12.7. The van der Waals surface area contributed by atoms with Gasteiger partial charge in [-0.1, -0.05) is 30.3 Å². The number of piperidine rings is 1. The Morgan fingerprint density at radius 3 is 2.36 bits per heavy atom. The number of phenolic OH excluding ortho intramolecular Hbond substituents is 1. The van der Waals surface area contributed by atoms with Crippen molar-refractivity contribution in [2.45, 2.75) is 18.5 Å². The minimum atomic E-state index is -0.408. The number of fused-ring (bicyclic) bond motifs is 1. The van der Waals surface area contributed by atoms with Gasteiger partial charge < -0.3 is 43.2 Å². The number of carbonyl (C=O) groups is 1. The Labute approximate surface area is 225 Å². The van der Waals surface area contributed by atoms with Crippen LogP contribution in [0.3, 0.4) is 0 Å². The second-order valence-corrected chi connectivity index (χ2v) is 9.50. The molecule has 2 atom stereocenters. The van der Waals surface area contributed by atoms with Crippen molar-refractivity contribution >= 4 is 45.9 Å². The first kappa shape index (κ1) is 26.1. The van der Waals surface area contributed by atoms with Gasteiger partial charge in [-0.2, -0.15) is 15.0 Å². The van der Waals surface area contributed by atoms with Gasteiger partial charge in [-0.25, -0.2) is 0 Å². The van der Waals surface area contributed by atoms with Crippen molar-refractivity contribution in [3.8, 4) is 5.75 Å². The summed E-state index contributed by atoms with van der Waals surface area (Å²) in [6.07, 6.45) is 0.744. The third-order valence-corrected chi connectivity index (χ3v) is 6.39. The van der Waals surface area contributed by atoms with E-state index in [0.717, 1.165) is 11.8 Å². The molecule has 0 radical (unpaired) electrons. The normalized spacial score (nSPS) is 17.2. The van der Waals surface area contributed by atoms with Crippen LogP contribution in [0.25, 0.3) is 10.8 Å². The van der Waals surface area contributed by atoms with Crippen molar-refractivity contribution < 1.29 is 9.90 Å². The van der Waals surface area contributed by atoms with Crippen molar-refractivity contribution in [2.24, 2.45) is 17.2 Å². The van der Waals surface area contributed by atoms with Crippen LogP contribution in [0.15, 0.2) is 60.7 Å². The zero-order valence-corrected chi connectivity index (χ0v) is 21.3. The van der Waals surface area contributed by atoms with Gasteiger partial charge in [0, 0.05) is 55.0 Å². The highest BCUT2D eigenvalue weighted by Crippen LogP contribution is 2.29. The summed E-state index contributed by atoms with van der Waals surface area (Å²) in [6.45, 7) is 2.11. The second kappa shape index (κ2) is 11.5. The summed E-state index contributed by atoms with van der Waals surface area (Å²) < 4.78 is 0. The van der Waals surface area contributed by atoms with Crippen LogP contribution in [0.4, 0.5) is 29.2 Å². The van der Waals surface area contributed by atoms with Gasteiger partial charge in [0.1, 0.15) is 5.75 Å². The first-order valence-corrected chi connectivity index (χ1v) is 12.7. The number of benzene rings is 3. The maximum absolute atomic E-state index is 12.9. The van der Waals surface area contributed by atoms with Crippen LogP contribution in [-0.2, 0) is 0 Å². The molecule has 1 aliphatic heterocycles. The van der Waals surface area contributed by atoms with Crippen LogP contribution in [0.5, 0.6) is 5.75 Å². The van der Waals surface area contributed by atoms with E-state index < -0.39 is 5.91 Å². The molecule has 1 amide bonds. The topological polar surface area (TPSA) is 193 Å². The Bertz CT molecular complexity index is 1450. The molecule has 5 rings (SSSR count). The predicted octanol–water partition coefficient (Wildman–Crippen LogP) is 1.96. The summed E-state index contributed by atoms with van der Waals surface area (Å²) >= 11 is 0. The van der Waals surface area contributed by atoms with Gasteiger partial charge in [-0.05, 0) is 42.1 Å². The lowest BCUT2D eigenvalue weighted by atomic mass is 10.0. The molecule has 1 fully saturated rings. The molecule has 10 N–H and O–H groups in total. The van der Waals surface area contributed by atoms with Gasteiger partial charge in [0.05, 0.1) is 5.56 Å². The Morgan fingerprint density at radius 1 is 0.923 bits per heavy atom. The molecular formula is C27H32N10O2. The fourth-order valence-electron chi connectivity index (χ4n) is 4.57. The average molecular weight is 529 g/mol. The third kappa shape index (κ3) is 6.14. The smallest absolute Gasteiger partial charge is 0.259 e. The van der Waals surface area contributed by atoms with E-state index in [-0.39, 0.29) is 23.4 Å². The maximum atomic E-state index is 12.9. The standard InChI is InChI=1S/C27H32N10O2/c28-11-12-31-25-34-26(36-27(35-25)37-14-17(29)13-18(30)15-37)33-20-8-6-19(7-9-20)32-24(39)22-10-5-16-3-1-2-4-21(16)23(22)38/h1-10,17-18,38H,11-15,28-30H2,(H,32,39)(H2,31,33,34,35,36)/t17-,18+. The molecule has 0 aliphatic carbocycles. The Balaban J connectivity index is 1.31. The Hall–Kier alpha value is -4.52. The summed E-state index contributed by atoms with van der Waals surface area (Å²) in [5.74, 6) is 0.736. The minimum absolute atomic E-state index is 0.0517. The minimum Gasteiger partial charge on any atom is -0.506 e. The average Bonchev–Trinajstić information content (AvgIpc) is 2.92. The van der Waals surface area contributed by atoms with Gasteiger partial charge in [0.15, 0.2) is 0 Å². The molecule has 1 aliphatic rings. The number of anilines is 5. The van der Waals surface area contributed by atoms with Gasteiger partial charge in [-0.3, -0.25) is 4.79 Å². The number of hydrogen-bond donors (Lipinski definition) is 7. The Morgan fingerprint density at radius 2 is 1.62 bits per heavy atom. The molecule has 3 aromatic carbocycles. The highest BCUT2D eigenvalue weighted by atomic mass is 16.3. The van der Waals surface area contributed by atoms with E-state index in [9.17, 15) is 9.90 Å². The van der Waals surface area contributed by atoms with Crippen LogP contribution < -0.4 is 38.1 Å². The molecule has 202 valence electrons. The van der Waals surface area contributed by atoms with E-state index in [1.165, 1.54) is 0 Å². The Kier molecular flexibility index (Phi) is 7.68. The van der Waals surface area contributed by atoms with Crippen molar-refractivity contribution in [1.29, 1.82) is 0 Å². The predicted molar refractivity (Wildman–Crippen MR) is 153 cm³/mol. The molecule has 12 heteroatoms. The molecule has 1 aromatic heterocycles. The van der Waals surface area contributed by atoms with Gasteiger partial charge >= 0.3 is 0 Å². The molecule has 0 unspecified atom stereocenters. The van der Waals surface area contributed by atoms with E-state index in [4.69, 9.17) is 17.2 Å². The van der Waals surface area contributed by atoms with E-state index in [1.54, 1.807) is 36.4 Å². The third-order valence-electron chi connectivity index (χ3n) is 6.39. The zero-order chi connectivity index (χ0) is 27.4. The van der Waals surface area contributed by atoms with E-state index in [2.05, 4.69) is 30.9 Å². The number of amides is 1. The fourth-order valence-corrected chi connectivity index (χ4v) is 4.57. The second-order valence-electron chi connectivity index (χ2n) is 9.50. The number of hydrogen-bond acceptors (Lipinski definition) is 11. The van der Waals surface area contributed by atoms with Crippen molar-refractivity contribution in [3.05, 3.63) is 66.2 Å². The lowest BCUT2D eigenvalue weighted by molar-refractivity contribution is 0.102. The molecule has 1 saturated heterocycles. The highest BCUT2D eigenvalue weighted by molar-refractivity contribution is 6.09. The van der Waals surface area contributed by atoms with Gasteiger partial charge in [0.2, 0.25) is 17.8 Å². The molecule has 0 saturated carbocycles. The van der Waals surface area contributed by atoms with E-state index >= 15 is 0 Å². The summed E-state index contributed by atoms with van der Waals surface area (Å²) in [7, 11) is 0. The number of phenols is 1.